The van der Waals surface area contributed by atoms with Gasteiger partial charge in [0, 0.05) is 12.1 Å². The van der Waals surface area contributed by atoms with Crippen LogP contribution in [0.15, 0.2) is 35.0 Å². The van der Waals surface area contributed by atoms with E-state index in [4.69, 9.17) is 5.11 Å². The van der Waals surface area contributed by atoms with Crippen molar-refractivity contribution < 1.29 is 14.8 Å². The van der Waals surface area contributed by atoms with E-state index in [0.29, 0.717) is 5.56 Å². The van der Waals surface area contributed by atoms with E-state index in [1.54, 1.807) is 6.07 Å². The van der Waals surface area contributed by atoms with Gasteiger partial charge in [0.1, 0.15) is 0 Å². The molecule has 0 radical (unpaired) electrons. The maximum absolute atomic E-state index is 10.9. The number of nitro groups is 1. The van der Waals surface area contributed by atoms with Gasteiger partial charge in [0.25, 0.3) is 5.69 Å². The van der Waals surface area contributed by atoms with Gasteiger partial charge in [-0.15, -0.1) is 0 Å². The van der Waals surface area contributed by atoms with E-state index >= 15 is 0 Å². The van der Waals surface area contributed by atoms with Gasteiger partial charge in [-0.05, 0) is 34.0 Å². The second-order valence-corrected chi connectivity index (χ2v) is 4.12. The Morgan fingerprint density at radius 1 is 1.29 bits per heavy atom. The van der Waals surface area contributed by atoms with Crippen molar-refractivity contribution in [2.75, 3.05) is 0 Å². The molecule has 0 amide bonds. The Morgan fingerprint density at radius 2 is 2.06 bits per heavy atom. The van der Waals surface area contributed by atoms with E-state index in [1.807, 2.05) is 10.8 Å². The highest BCUT2D eigenvalue weighted by molar-refractivity contribution is 7.08. The third kappa shape index (κ3) is 2.31. The zero-order valence-corrected chi connectivity index (χ0v) is 9.31. The zero-order valence-electron chi connectivity index (χ0n) is 8.49. The highest BCUT2D eigenvalue weighted by Gasteiger charge is 2.14. The minimum Gasteiger partial charge on any atom is -0.478 e. The number of thiophene rings is 1. The number of carbonyl (C=O) groups is 1. The Morgan fingerprint density at radius 3 is 2.59 bits per heavy atom. The molecular formula is C11H7NO4S. The minimum atomic E-state index is -1.18. The van der Waals surface area contributed by atoms with Crippen LogP contribution in [0.4, 0.5) is 5.69 Å². The van der Waals surface area contributed by atoms with Crippen LogP contribution in [0.5, 0.6) is 0 Å². The molecule has 1 aromatic heterocycles. The molecular weight excluding hydrogens is 242 g/mol. The van der Waals surface area contributed by atoms with E-state index in [2.05, 4.69) is 0 Å². The molecule has 0 saturated heterocycles. The van der Waals surface area contributed by atoms with Gasteiger partial charge in [-0.2, -0.15) is 11.3 Å². The molecule has 1 N–H and O–H groups in total. The maximum atomic E-state index is 10.9. The summed E-state index contributed by atoms with van der Waals surface area (Å²) >= 11 is 1.45. The summed E-state index contributed by atoms with van der Waals surface area (Å²) in [4.78, 5) is 21.0. The predicted molar refractivity (Wildman–Crippen MR) is 63.4 cm³/mol. The lowest BCUT2D eigenvalue weighted by molar-refractivity contribution is -0.384. The van der Waals surface area contributed by atoms with Crippen molar-refractivity contribution in [3.05, 3.63) is 50.7 Å². The summed E-state index contributed by atoms with van der Waals surface area (Å²) in [5, 5.41) is 23.2. The second kappa shape index (κ2) is 4.34. The number of carboxylic acids is 1. The summed E-state index contributed by atoms with van der Waals surface area (Å²) in [6.45, 7) is 0. The fourth-order valence-corrected chi connectivity index (χ4v) is 2.10. The number of non-ortho nitro benzene ring substituents is 1. The van der Waals surface area contributed by atoms with Crippen LogP contribution in [0, 0.1) is 10.1 Å². The molecule has 1 heterocycles. The van der Waals surface area contributed by atoms with E-state index in [0.717, 1.165) is 11.6 Å². The molecule has 6 heteroatoms. The van der Waals surface area contributed by atoms with Crippen molar-refractivity contribution in [3.8, 4) is 11.1 Å². The van der Waals surface area contributed by atoms with E-state index < -0.39 is 10.9 Å². The average Bonchev–Trinajstić information content (AvgIpc) is 2.81. The first kappa shape index (κ1) is 11.3. The molecule has 0 fully saturated rings. The first-order chi connectivity index (χ1) is 8.08. The van der Waals surface area contributed by atoms with E-state index in [9.17, 15) is 14.9 Å². The van der Waals surface area contributed by atoms with Crippen molar-refractivity contribution in [1.29, 1.82) is 0 Å². The number of carboxylic acid groups (broad SMARTS) is 1. The van der Waals surface area contributed by atoms with Gasteiger partial charge in [0.05, 0.1) is 10.5 Å². The van der Waals surface area contributed by atoms with Crippen LogP contribution < -0.4 is 0 Å². The van der Waals surface area contributed by atoms with Crippen LogP contribution in [-0.4, -0.2) is 16.0 Å². The SMILES string of the molecule is O=C(O)c1cc(-c2ccsc2)cc([N+](=O)[O-])c1. The first-order valence-electron chi connectivity index (χ1n) is 4.63. The van der Waals surface area contributed by atoms with Crippen molar-refractivity contribution in [1.82, 2.24) is 0 Å². The molecule has 0 unspecified atom stereocenters. The van der Waals surface area contributed by atoms with Crippen molar-refractivity contribution >= 4 is 23.0 Å². The lowest BCUT2D eigenvalue weighted by atomic mass is 10.0. The standard InChI is InChI=1S/C11H7NO4S/c13-11(14)9-3-8(7-1-2-17-6-7)4-10(5-9)12(15)16/h1-6H,(H,13,14). The lowest BCUT2D eigenvalue weighted by Crippen LogP contribution is -1.98. The molecule has 17 heavy (non-hydrogen) atoms. The summed E-state index contributed by atoms with van der Waals surface area (Å²) < 4.78 is 0. The van der Waals surface area contributed by atoms with Gasteiger partial charge < -0.3 is 5.11 Å². The monoisotopic (exact) mass is 249 g/mol. The fraction of sp³-hybridized carbons (Fsp3) is 0. The van der Waals surface area contributed by atoms with Crippen LogP contribution in [0.1, 0.15) is 10.4 Å². The van der Waals surface area contributed by atoms with Gasteiger partial charge in [0.15, 0.2) is 0 Å². The topological polar surface area (TPSA) is 80.4 Å². The first-order valence-corrected chi connectivity index (χ1v) is 5.57. The summed E-state index contributed by atoms with van der Waals surface area (Å²) in [5.41, 5.74) is 1.02. The van der Waals surface area contributed by atoms with E-state index in [1.165, 1.54) is 23.5 Å². The number of benzene rings is 1. The van der Waals surface area contributed by atoms with Crippen molar-refractivity contribution in [2.45, 2.75) is 0 Å². The second-order valence-electron chi connectivity index (χ2n) is 3.34. The Labute approximate surface area is 100 Å². The third-order valence-corrected chi connectivity index (χ3v) is 2.91. The Bertz CT molecular complexity index is 545. The summed E-state index contributed by atoms with van der Waals surface area (Å²) in [6.07, 6.45) is 0. The smallest absolute Gasteiger partial charge is 0.335 e. The Kier molecular flexibility index (Phi) is 2.88. The largest absolute Gasteiger partial charge is 0.478 e. The van der Waals surface area contributed by atoms with Crippen LogP contribution in [0.25, 0.3) is 11.1 Å². The Balaban J connectivity index is 2.60. The van der Waals surface area contributed by atoms with Crippen LogP contribution in [0.2, 0.25) is 0 Å². The number of nitrogens with zero attached hydrogens (tertiary/aromatic N) is 1. The molecule has 0 aliphatic heterocycles. The minimum absolute atomic E-state index is 0.0830. The molecule has 2 aromatic rings. The molecule has 0 aliphatic carbocycles. The molecule has 0 spiro atoms. The fourth-order valence-electron chi connectivity index (χ4n) is 1.44. The summed E-state index contributed by atoms with van der Waals surface area (Å²) in [7, 11) is 0. The van der Waals surface area contributed by atoms with Crippen LogP contribution in [0.3, 0.4) is 0 Å². The zero-order chi connectivity index (χ0) is 12.4. The predicted octanol–water partition coefficient (Wildman–Crippen LogP) is 3.02. The normalized spacial score (nSPS) is 10.1. The summed E-state index contributed by atoms with van der Waals surface area (Å²) in [6, 6.07) is 5.64. The molecule has 0 atom stereocenters. The number of rotatable bonds is 3. The van der Waals surface area contributed by atoms with Gasteiger partial charge in [-0.3, -0.25) is 10.1 Å². The highest BCUT2D eigenvalue weighted by Crippen LogP contribution is 2.27. The average molecular weight is 249 g/mol. The summed E-state index contributed by atoms with van der Waals surface area (Å²) in [5.74, 6) is -1.18. The molecule has 86 valence electrons. The van der Waals surface area contributed by atoms with Gasteiger partial charge in [-0.1, -0.05) is 0 Å². The van der Waals surface area contributed by atoms with Crippen molar-refractivity contribution in [2.24, 2.45) is 0 Å². The Hall–Kier alpha value is -2.21. The third-order valence-electron chi connectivity index (χ3n) is 2.23. The molecule has 1 aromatic carbocycles. The maximum Gasteiger partial charge on any atom is 0.335 e. The lowest BCUT2D eigenvalue weighted by Gasteiger charge is -2.01. The molecule has 0 saturated carbocycles. The van der Waals surface area contributed by atoms with Gasteiger partial charge in [-0.25, -0.2) is 4.79 Å². The van der Waals surface area contributed by atoms with Crippen LogP contribution in [-0.2, 0) is 0 Å². The number of nitro benzene ring substituents is 1. The molecule has 0 bridgehead atoms. The molecule has 2 rings (SSSR count). The highest BCUT2D eigenvalue weighted by atomic mass is 32.1. The quantitative estimate of drug-likeness (QED) is 0.669. The van der Waals surface area contributed by atoms with Crippen molar-refractivity contribution in [3.63, 3.8) is 0 Å². The number of hydrogen-bond donors (Lipinski definition) is 1. The molecule has 5 nitrogen and oxygen atoms in total. The number of aromatic carboxylic acids is 1. The molecule has 0 aliphatic rings. The van der Waals surface area contributed by atoms with Crippen LogP contribution >= 0.6 is 11.3 Å². The van der Waals surface area contributed by atoms with E-state index in [-0.39, 0.29) is 11.3 Å². The number of hydrogen-bond acceptors (Lipinski definition) is 4. The van der Waals surface area contributed by atoms with Gasteiger partial charge >= 0.3 is 5.97 Å². The van der Waals surface area contributed by atoms with Gasteiger partial charge in [0.2, 0.25) is 0 Å².